The van der Waals surface area contributed by atoms with Crippen LogP contribution in [0.3, 0.4) is 0 Å². The fourth-order valence-electron chi connectivity index (χ4n) is 2.79. The largest absolute Gasteiger partial charge is 0.315 e. The Labute approximate surface area is 124 Å². The van der Waals surface area contributed by atoms with Crippen molar-refractivity contribution in [3.8, 4) is 0 Å². The van der Waals surface area contributed by atoms with E-state index in [-0.39, 0.29) is 12.1 Å². The van der Waals surface area contributed by atoms with Crippen LogP contribution in [0.25, 0.3) is 0 Å². The Balaban J connectivity index is 2.81. The van der Waals surface area contributed by atoms with E-state index in [1.165, 1.54) is 0 Å². The molecule has 1 aliphatic heterocycles. The Hall–Kier alpha value is -0.170. The van der Waals surface area contributed by atoms with Crippen molar-refractivity contribution in [1.82, 2.24) is 13.9 Å². The summed E-state index contributed by atoms with van der Waals surface area (Å²) in [6.45, 7) is 8.42. The standard InChI is InChI=1S/C14H31N3O2S/c1-5-9-13(3)16(4)20(18,19)17-11-8-7-10-14(17)12-15-6-2/h13-15H,5-12H2,1-4H3. The maximum atomic E-state index is 12.8. The number of hydrogen-bond acceptors (Lipinski definition) is 3. The molecule has 2 unspecified atom stereocenters. The summed E-state index contributed by atoms with van der Waals surface area (Å²) in [5, 5.41) is 3.29. The number of piperidine rings is 1. The summed E-state index contributed by atoms with van der Waals surface area (Å²) in [5.74, 6) is 0. The number of nitrogens with zero attached hydrogens (tertiary/aromatic N) is 2. The van der Waals surface area contributed by atoms with Crippen molar-refractivity contribution in [1.29, 1.82) is 0 Å². The van der Waals surface area contributed by atoms with Crippen LogP contribution >= 0.6 is 0 Å². The molecule has 1 fully saturated rings. The smallest absolute Gasteiger partial charge is 0.282 e. The van der Waals surface area contributed by atoms with Gasteiger partial charge in [0.1, 0.15) is 0 Å². The summed E-state index contributed by atoms with van der Waals surface area (Å²) < 4.78 is 28.9. The van der Waals surface area contributed by atoms with Gasteiger partial charge in [-0.3, -0.25) is 0 Å². The maximum absolute atomic E-state index is 12.8. The highest BCUT2D eigenvalue weighted by Crippen LogP contribution is 2.23. The van der Waals surface area contributed by atoms with Gasteiger partial charge in [-0.1, -0.05) is 26.7 Å². The first kappa shape index (κ1) is 17.9. The third-order valence-corrected chi connectivity index (χ3v) is 6.35. The van der Waals surface area contributed by atoms with Crippen molar-refractivity contribution in [3.05, 3.63) is 0 Å². The first-order valence-corrected chi connectivity index (χ1v) is 9.30. The van der Waals surface area contributed by atoms with Gasteiger partial charge in [-0.15, -0.1) is 0 Å². The Morgan fingerprint density at radius 2 is 2.05 bits per heavy atom. The van der Waals surface area contributed by atoms with Crippen molar-refractivity contribution >= 4 is 10.2 Å². The summed E-state index contributed by atoms with van der Waals surface area (Å²) in [6, 6.07) is 0.164. The monoisotopic (exact) mass is 305 g/mol. The van der Waals surface area contributed by atoms with Crippen molar-refractivity contribution < 1.29 is 8.42 Å². The van der Waals surface area contributed by atoms with Gasteiger partial charge in [0.2, 0.25) is 0 Å². The van der Waals surface area contributed by atoms with Crippen LogP contribution in [0, 0.1) is 0 Å². The summed E-state index contributed by atoms with van der Waals surface area (Å²) in [5.41, 5.74) is 0. The van der Waals surface area contributed by atoms with Crippen molar-refractivity contribution in [2.24, 2.45) is 0 Å². The molecule has 0 aromatic rings. The van der Waals surface area contributed by atoms with Crippen LogP contribution in [0.2, 0.25) is 0 Å². The molecule has 1 N–H and O–H groups in total. The van der Waals surface area contributed by atoms with Gasteiger partial charge in [0.15, 0.2) is 0 Å². The average molecular weight is 305 g/mol. The van der Waals surface area contributed by atoms with E-state index in [0.717, 1.165) is 45.2 Å². The van der Waals surface area contributed by atoms with Crippen LogP contribution < -0.4 is 5.32 Å². The van der Waals surface area contributed by atoms with Gasteiger partial charge in [-0.2, -0.15) is 17.0 Å². The number of likely N-dealkylation sites (N-methyl/N-ethyl adjacent to an activating group) is 1. The van der Waals surface area contributed by atoms with Gasteiger partial charge in [0.25, 0.3) is 10.2 Å². The van der Waals surface area contributed by atoms with Crippen LogP contribution in [0.1, 0.15) is 52.9 Å². The molecule has 1 rings (SSSR count). The van der Waals surface area contributed by atoms with Crippen molar-refractivity contribution in [2.45, 2.75) is 65.0 Å². The fraction of sp³-hybridized carbons (Fsp3) is 1.00. The molecule has 20 heavy (non-hydrogen) atoms. The maximum Gasteiger partial charge on any atom is 0.282 e. The van der Waals surface area contributed by atoms with E-state index in [1.54, 1.807) is 15.7 Å². The van der Waals surface area contributed by atoms with E-state index in [0.29, 0.717) is 6.54 Å². The van der Waals surface area contributed by atoms with Gasteiger partial charge in [-0.25, -0.2) is 0 Å². The molecule has 1 saturated heterocycles. The number of hydrogen-bond donors (Lipinski definition) is 1. The second-order valence-corrected chi connectivity index (χ2v) is 7.67. The Kier molecular flexibility index (Phi) is 7.43. The Morgan fingerprint density at radius 3 is 2.65 bits per heavy atom. The summed E-state index contributed by atoms with van der Waals surface area (Å²) >= 11 is 0. The average Bonchev–Trinajstić information content (AvgIpc) is 2.44. The summed E-state index contributed by atoms with van der Waals surface area (Å²) in [7, 11) is -1.62. The predicted molar refractivity (Wildman–Crippen MR) is 83.9 cm³/mol. The minimum Gasteiger partial charge on any atom is -0.315 e. The number of nitrogens with one attached hydrogen (secondary N) is 1. The lowest BCUT2D eigenvalue weighted by molar-refractivity contribution is 0.222. The predicted octanol–water partition coefficient (Wildman–Crippen LogP) is 1.82. The fourth-order valence-corrected chi connectivity index (χ4v) is 4.59. The first-order chi connectivity index (χ1) is 9.45. The molecule has 0 saturated carbocycles. The molecule has 0 spiro atoms. The molecule has 0 aromatic carbocycles. The highest BCUT2D eigenvalue weighted by Gasteiger charge is 2.36. The molecule has 0 amide bonds. The summed E-state index contributed by atoms with van der Waals surface area (Å²) in [6.07, 6.45) is 4.96. The lowest BCUT2D eigenvalue weighted by Gasteiger charge is -2.38. The van der Waals surface area contributed by atoms with Gasteiger partial charge < -0.3 is 5.32 Å². The van der Waals surface area contributed by atoms with Gasteiger partial charge in [0.05, 0.1) is 0 Å². The highest BCUT2D eigenvalue weighted by molar-refractivity contribution is 7.86. The lowest BCUT2D eigenvalue weighted by atomic mass is 10.1. The van der Waals surface area contributed by atoms with Crippen LogP contribution in [-0.4, -0.2) is 55.8 Å². The van der Waals surface area contributed by atoms with E-state index in [4.69, 9.17) is 0 Å². The van der Waals surface area contributed by atoms with E-state index in [1.807, 2.05) is 6.92 Å². The Morgan fingerprint density at radius 1 is 1.35 bits per heavy atom. The molecule has 1 heterocycles. The molecule has 0 aliphatic carbocycles. The van der Waals surface area contributed by atoms with Crippen LogP contribution in [0.4, 0.5) is 0 Å². The molecule has 2 atom stereocenters. The van der Waals surface area contributed by atoms with E-state index in [2.05, 4.69) is 19.2 Å². The molecule has 0 aromatic heterocycles. The quantitative estimate of drug-likeness (QED) is 0.744. The van der Waals surface area contributed by atoms with Crippen LogP contribution in [-0.2, 0) is 10.2 Å². The minimum absolute atomic E-state index is 0.0618. The summed E-state index contributed by atoms with van der Waals surface area (Å²) in [4.78, 5) is 0. The first-order valence-electron chi connectivity index (χ1n) is 7.90. The third-order valence-electron chi connectivity index (χ3n) is 4.19. The SMILES string of the molecule is CCCC(C)N(C)S(=O)(=O)N1CCCCC1CNCC. The zero-order chi connectivity index (χ0) is 15.2. The molecular weight excluding hydrogens is 274 g/mol. The lowest BCUT2D eigenvalue weighted by Crippen LogP contribution is -2.54. The normalized spacial score (nSPS) is 23.1. The van der Waals surface area contributed by atoms with Crippen molar-refractivity contribution in [2.75, 3.05) is 26.7 Å². The molecule has 0 radical (unpaired) electrons. The van der Waals surface area contributed by atoms with Gasteiger partial charge in [0, 0.05) is 32.2 Å². The molecule has 6 heteroatoms. The van der Waals surface area contributed by atoms with Gasteiger partial charge in [-0.05, 0) is 32.7 Å². The molecular formula is C14H31N3O2S. The zero-order valence-electron chi connectivity index (χ0n) is 13.4. The van der Waals surface area contributed by atoms with E-state index >= 15 is 0 Å². The molecule has 5 nitrogen and oxygen atoms in total. The van der Waals surface area contributed by atoms with Crippen LogP contribution in [0.5, 0.6) is 0 Å². The van der Waals surface area contributed by atoms with Crippen LogP contribution in [0.15, 0.2) is 0 Å². The zero-order valence-corrected chi connectivity index (χ0v) is 14.2. The van der Waals surface area contributed by atoms with E-state index in [9.17, 15) is 8.42 Å². The number of rotatable bonds is 8. The third kappa shape index (κ3) is 4.41. The van der Waals surface area contributed by atoms with Crippen molar-refractivity contribution in [3.63, 3.8) is 0 Å². The molecule has 0 bridgehead atoms. The second-order valence-electron chi connectivity index (χ2n) is 5.73. The molecule has 120 valence electrons. The minimum atomic E-state index is -3.34. The Bertz CT molecular complexity index is 373. The molecule has 1 aliphatic rings. The second kappa shape index (κ2) is 8.32. The topological polar surface area (TPSA) is 52.7 Å². The highest BCUT2D eigenvalue weighted by atomic mass is 32.2. The van der Waals surface area contributed by atoms with Gasteiger partial charge >= 0.3 is 0 Å². The van der Waals surface area contributed by atoms with E-state index < -0.39 is 10.2 Å².